The Balaban J connectivity index is 1.25. The van der Waals surface area contributed by atoms with E-state index in [4.69, 9.17) is 4.98 Å². The van der Waals surface area contributed by atoms with Crippen molar-refractivity contribution in [2.75, 3.05) is 26.7 Å². The highest BCUT2D eigenvalue weighted by molar-refractivity contribution is 5.89. The summed E-state index contributed by atoms with van der Waals surface area (Å²) >= 11 is 0. The van der Waals surface area contributed by atoms with Crippen LogP contribution in [0, 0.1) is 5.92 Å². The van der Waals surface area contributed by atoms with Crippen LogP contribution in [0.15, 0.2) is 6.20 Å². The molecule has 29 heavy (non-hydrogen) atoms. The minimum Gasteiger partial charge on any atom is -0.339 e. The Kier molecular flexibility index (Phi) is 5.02. The van der Waals surface area contributed by atoms with Gasteiger partial charge in [-0.05, 0) is 39.3 Å². The van der Waals surface area contributed by atoms with Crippen LogP contribution in [0.25, 0.3) is 0 Å². The first-order valence-corrected chi connectivity index (χ1v) is 11.2. The fourth-order valence-electron chi connectivity index (χ4n) is 5.64. The fourth-order valence-corrected chi connectivity index (χ4v) is 5.64. The topological polar surface area (TPSA) is 69.6 Å². The van der Waals surface area contributed by atoms with E-state index in [1.807, 2.05) is 16.0 Å². The van der Waals surface area contributed by atoms with Crippen molar-refractivity contribution in [2.24, 2.45) is 5.92 Å². The predicted octanol–water partition coefficient (Wildman–Crippen LogP) is 1.92. The highest BCUT2D eigenvalue weighted by atomic mass is 16.2. The average molecular weight is 398 g/mol. The molecule has 2 saturated heterocycles. The van der Waals surface area contributed by atoms with Gasteiger partial charge in [0.1, 0.15) is 5.82 Å². The maximum Gasteiger partial charge on any atom is 0.228 e. The molecule has 4 heterocycles. The summed E-state index contributed by atoms with van der Waals surface area (Å²) in [5, 5.41) is 0. The molecular weight excluding hydrogens is 366 g/mol. The molecule has 2 amide bonds. The first-order chi connectivity index (χ1) is 14.1. The minimum absolute atomic E-state index is 0.129. The highest BCUT2D eigenvalue weighted by Crippen LogP contribution is 2.32. The van der Waals surface area contributed by atoms with Crippen molar-refractivity contribution in [1.82, 2.24) is 24.7 Å². The molecule has 3 aliphatic heterocycles. The van der Waals surface area contributed by atoms with Crippen LogP contribution < -0.4 is 0 Å². The zero-order valence-electron chi connectivity index (χ0n) is 17.3. The Bertz CT molecular complexity index is 806. The highest BCUT2D eigenvalue weighted by Gasteiger charge is 2.40. The van der Waals surface area contributed by atoms with E-state index < -0.39 is 0 Å². The third kappa shape index (κ3) is 3.54. The van der Waals surface area contributed by atoms with Gasteiger partial charge in [0, 0.05) is 50.3 Å². The lowest BCUT2D eigenvalue weighted by molar-refractivity contribution is -0.136. The summed E-state index contributed by atoms with van der Waals surface area (Å²) < 4.78 is 0. The SMILES string of the molecule is CN1CCCC1c1ncc2c(n1)CCN(C(=O)C1CC(=O)N(C3CCCC3)C1)C2. The number of carbonyl (C=O) groups excluding carboxylic acids is 2. The van der Waals surface area contributed by atoms with Crippen molar-refractivity contribution in [3.63, 3.8) is 0 Å². The van der Waals surface area contributed by atoms with E-state index in [-0.39, 0.29) is 17.7 Å². The van der Waals surface area contributed by atoms with Crippen LogP contribution >= 0.6 is 0 Å². The van der Waals surface area contributed by atoms with Gasteiger partial charge in [0.2, 0.25) is 11.8 Å². The van der Waals surface area contributed by atoms with E-state index in [0.717, 1.165) is 49.3 Å². The molecule has 1 aromatic heterocycles. The molecule has 2 atom stereocenters. The molecule has 0 bridgehead atoms. The molecule has 0 spiro atoms. The van der Waals surface area contributed by atoms with E-state index in [0.29, 0.717) is 38.1 Å². The quantitative estimate of drug-likeness (QED) is 0.779. The van der Waals surface area contributed by atoms with E-state index in [2.05, 4.69) is 16.9 Å². The van der Waals surface area contributed by atoms with Gasteiger partial charge in [0.15, 0.2) is 0 Å². The lowest BCUT2D eigenvalue weighted by Crippen LogP contribution is -2.42. The smallest absolute Gasteiger partial charge is 0.228 e. The first-order valence-electron chi connectivity index (χ1n) is 11.2. The number of fused-ring (bicyclic) bond motifs is 1. The lowest BCUT2D eigenvalue weighted by atomic mass is 10.0. The normalized spacial score (nSPS) is 28.4. The van der Waals surface area contributed by atoms with Gasteiger partial charge in [0.25, 0.3) is 0 Å². The Hall–Kier alpha value is -2.02. The van der Waals surface area contributed by atoms with Crippen molar-refractivity contribution in [3.8, 4) is 0 Å². The largest absolute Gasteiger partial charge is 0.339 e. The maximum atomic E-state index is 13.1. The molecule has 0 aromatic carbocycles. The third-order valence-electron chi connectivity index (χ3n) is 7.36. The van der Waals surface area contributed by atoms with Crippen molar-refractivity contribution < 1.29 is 9.59 Å². The van der Waals surface area contributed by atoms with E-state index >= 15 is 0 Å². The molecule has 0 radical (unpaired) electrons. The summed E-state index contributed by atoms with van der Waals surface area (Å²) in [5.74, 6) is 1.04. The van der Waals surface area contributed by atoms with Crippen LogP contribution in [0.2, 0.25) is 0 Å². The van der Waals surface area contributed by atoms with Gasteiger partial charge in [-0.2, -0.15) is 0 Å². The van der Waals surface area contributed by atoms with Crippen molar-refractivity contribution in [1.29, 1.82) is 0 Å². The van der Waals surface area contributed by atoms with Crippen molar-refractivity contribution in [2.45, 2.75) is 70.0 Å². The van der Waals surface area contributed by atoms with Crippen LogP contribution in [0.3, 0.4) is 0 Å². The second-order valence-electron chi connectivity index (χ2n) is 9.23. The van der Waals surface area contributed by atoms with Crippen LogP contribution in [0.5, 0.6) is 0 Å². The predicted molar refractivity (Wildman–Crippen MR) is 108 cm³/mol. The van der Waals surface area contributed by atoms with Crippen molar-refractivity contribution >= 4 is 11.8 Å². The van der Waals surface area contributed by atoms with Crippen LogP contribution in [-0.4, -0.2) is 69.2 Å². The molecule has 156 valence electrons. The van der Waals surface area contributed by atoms with Crippen molar-refractivity contribution in [3.05, 3.63) is 23.3 Å². The molecule has 1 saturated carbocycles. The Morgan fingerprint density at radius 1 is 1.14 bits per heavy atom. The first kappa shape index (κ1) is 19.0. The molecule has 1 aromatic rings. The Labute approximate surface area is 172 Å². The zero-order valence-corrected chi connectivity index (χ0v) is 17.3. The minimum atomic E-state index is -0.183. The van der Waals surface area contributed by atoms with Gasteiger partial charge in [0.05, 0.1) is 17.7 Å². The van der Waals surface area contributed by atoms with Gasteiger partial charge in [-0.25, -0.2) is 9.97 Å². The molecule has 4 aliphatic rings. The molecular formula is C22H31N5O2. The summed E-state index contributed by atoms with van der Waals surface area (Å²) in [6.45, 7) is 2.97. The number of hydrogen-bond donors (Lipinski definition) is 0. The molecule has 2 unspecified atom stereocenters. The number of rotatable bonds is 3. The monoisotopic (exact) mass is 397 g/mol. The molecule has 7 heteroatoms. The fraction of sp³-hybridized carbons (Fsp3) is 0.727. The Morgan fingerprint density at radius 3 is 2.72 bits per heavy atom. The Morgan fingerprint density at radius 2 is 1.97 bits per heavy atom. The summed E-state index contributed by atoms with van der Waals surface area (Å²) in [5.41, 5.74) is 2.15. The molecule has 5 rings (SSSR count). The van der Waals surface area contributed by atoms with Crippen LogP contribution in [0.1, 0.15) is 68.1 Å². The summed E-state index contributed by atoms with van der Waals surface area (Å²) in [4.78, 5) is 41.3. The average Bonchev–Trinajstić information content (AvgIpc) is 3.47. The zero-order chi connectivity index (χ0) is 20.0. The number of carbonyl (C=O) groups is 2. The number of hydrogen-bond acceptors (Lipinski definition) is 5. The maximum absolute atomic E-state index is 13.1. The molecule has 1 aliphatic carbocycles. The van der Waals surface area contributed by atoms with Gasteiger partial charge in [-0.1, -0.05) is 12.8 Å². The number of nitrogens with zero attached hydrogens (tertiary/aromatic N) is 5. The molecule has 3 fully saturated rings. The second kappa shape index (κ2) is 7.67. The summed E-state index contributed by atoms with van der Waals surface area (Å²) in [6, 6.07) is 0.689. The lowest BCUT2D eigenvalue weighted by Gasteiger charge is -2.31. The molecule has 7 nitrogen and oxygen atoms in total. The van der Waals surface area contributed by atoms with Crippen LogP contribution in [0.4, 0.5) is 0 Å². The van der Waals surface area contributed by atoms with Crippen LogP contribution in [-0.2, 0) is 22.6 Å². The standard InChI is InChI=1S/C22H31N5O2/c1-25-9-4-7-19(25)21-23-12-16-13-26(10-8-18(16)24-21)22(29)15-11-20(28)27(14-15)17-5-2-3-6-17/h12,15,17,19H,2-11,13-14H2,1H3. The summed E-state index contributed by atoms with van der Waals surface area (Å²) in [6.07, 6.45) is 9.99. The van der Waals surface area contributed by atoms with Gasteiger partial charge >= 0.3 is 0 Å². The molecule has 0 N–H and O–H groups in total. The second-order valence-corrected chi connectivity index (χ2v) is 9.23. The van der Waals surface area contributed by atoms with E-state index in [9.17, 15) is 9.59 Å². The summed E-state index contributed by atoms with van der Waals surface area (Å²) in [7, 11) is 2.14. The van der Waals surface area contributed by atoms with Gasteiger partial charge in [-0.15, -0.1) is 0 Å². The number of amides is 2. The van der Waals surface area contributed by atoms with Gasteiger partial charge < -0.3 is 9.80 Å². The van der Waals surface area contributed by atoms with Gasteiger partial charge in [-0.3, -0.25) is 14.5 Å². The van der Waals surface area contributed by atoms with E-state index in [1.165, 1.54) is 19.3 Å². The number of likely N-dealkylation sites (tertiary alicyclic amines) is 2. The number of aromatic nitrogens is 2. The third-order valence-corrected chi connectivity index (χ3v) is 7.36. The van der Waals surface area contributed by atoms with E-state index in [1.54, 1.807) is 0 Å².